The smallest absolute Gasteiger partial charge is 0.335 e. The molecular formula is C35H24BrFN2O5. The summed E-state index contributed by atoms with van der Waals surface area (Å²) in [5, 5.41) is 3.88. The molecule has 7 nitrogen and oxygen atoms in total. The predicted octanol–water partition coefficient (Wildman–Crippen LogP) is 7.57. The third-order valence-corrected chi connectivity index (χ3v) is 7.57. The van der Waals surface area contributed by atoms with Gasteiger partial charge in [0, 0.05) is 10.0 Å². The number of halogens is 2. The Morgan fingerprint density at radius 1 is 0.750 bits per heavy atom. The number of imide groups is 2. The van der Waals surface area contributed by atoms with Gasteiger partial charge in [-0.2, -0.15) is 0 Å². The molecule has 1 saturated heterocycles. The van der Waals surface area contributed by atoms with Gasteiger partial charge in [-0.05, 0) is 82.6 Å². The quantitative estimate of drug-likeness (QED) is 0.138. The third kappa shape index (κ3) is 6.23. The van der Waals surface area contributed by atoms with Gasteiger partial charge < -0.3 is 9.47 Å². The lowest BCUT2D eigenvalue weighted by Crippen LogP contribution is -2.54. The number of nitrogens with one attached hydrogen (secondary N) is 1. The molecule has 0 aromatic heterocycles. The van der Waals surface area contributed by atoms with Crippen molar-refractivity contribution in [3.63, 3.8) is 0 Å². The van der Waals surface area contributed by atoms with Crippen molar-refractivity contribution in [2.45, 2.75) is 13.2 Å². The summed E-state index contributed by atoms with van der Waals surface area (Å²) in [7, 11) is 0. The van der Waals surface area contributed by atoms with E-state index in [4.69, 9.17) is 9.47 Å². The number of hydrogen-bond donors (Lipinski definition) is 1. The molecule has 1 fully saturated rings. The summed E-state index contributed by atoms with van der Waals surface area (Å²) in [5.74, 6) is -0.986. The topological polar surface area (TPSA) is 84.9 Å². The average molecular weight is 651 g/mol. The Hall–Kier alpha value is -5.28. The van der Waals surface area contributed by atoms with E-state index < -0.39 is 17.8 Å². The molecule has 1 aliphatic heterocycles. The standard InChI is InChI=1S/C35H24BrFN2O5/c36-25-10-5-22(6-11-25)20-43-28-16-14-27(15-17-28)39-34(41)31(33(40)38-35(39)42)19-30-29-4-2-1-3-24(29)9-18-32(30)44-21-23-7-12-26(37)13-8-23/h1-19H,20-21H2,(H,38,40,42)/b31-19+. The molecule has 4 amide bonds. The number of barbiturate groups is 1. The van der Waals surface area contributed by atoms with Crippen molar-refractivity contribution in [3.8, 4) is 11.5 Å². The molecule has 0 atom stereocenters. The van der Waals surface area contributed by atoms with Crippen LogP contribution in [-0.2, 0) is 22.8 Å². The van der Waals surface area contributed by atoms with Crippen LogP contribution in [0, 0.1) is 5.82 Å². The molecule has 9 heteroatoms. The van der Waals surface area contributed by atoms with Crippen LogP contribution in [0.3, 0.4) is 0 Å². The average Bonchev–Trinajstić information content (AvgIpc) is 3.03. The van der Waals surface area contributed by atoms with Gasteiger partial charge in [-0.1, -0.05) is 70.5 Å². The second-order valence-electron chi connectivity index (χ2n) is 9.98. The number of anilines is 1. The van der Waals surface area contributed by atoms with Gasteiger partial charge in [-0.15, -0.1) is 0 Å². The first-order chi connectivity index (χ1) is 21.4. The first kappa shape index (κ1) is 28.8. The minimum atomic E-state index is -0.855. The van der Waals surface area contributed by atoms with Gasteiger partial charge >= 0.3 is 6.03 Å². The fraction of sp³-hybridized carbons (Fsp3) is 0.0571. The third-order valence-electron chi connectivity index (χ3n) is 7.04. The SMILES string of the molecule is O=C1NC(=O)N(c2ccc(OCc3ccc(Br)cc3)cc2)C(=O)/C1=C/c1c(OCc2ccc(F)cc2)ccc2ccccc12. The number of ether oxygens (including phenoxy) is 2. The van der Waals surface area contributed by atoms with Crippen LogP contribution in [0.1, 0.15) is 16.7 Å². The van der Waals surface area contributed by atoms with Crippen LogP contribution in [0.5, 0.6) is 11.5 Å². The first-order valence-electron chi connectivity index (χ1n) is 13.6. The van der Waals surface area contributed by atoms with Crippen LogP contribution < -0.4 is 19.7 Å². The van der Waals surface area contributed by atoms with Crippen LogP contribution in [0.25, 0.3) is 16.8 Å². The van der Waals surface area contributed by atoms with E-state index in [1.807, 2.05) is 54.6 Å². The fourth-order valence-electron chi connectivity index (χ4n) is 4.77. The maximum atomic E-state index is 13.7. The molecule has 1 N–H and O–H groups in total. The molecule has 6 rings (SSSR count). The van der Waals surface area contributed by atoms with E-state index in [2.05, 4.69) is 21.2 Å². The molecule has 0 aliphatic carbocycles. The van der Waals surface area contributed by atoms with Gasteiger partial charge in [0.2, 0.25) is 0 Å². The van der Waals surface area contributed by atoms with Crippen molar-refractivity contribution in [2.75, 3.05) is 4.90 Å². The molecule has 0 bridgehead atoms. The monoisotopic (exact) mass is 650 g/mol. The van der Waals surface area contributed by atoms with Crippen molar-refractivity contribution in [3.05, 3.63) is 142 Å². The van der Waals surface area contributed by atoms with E-state index in [0.717, 1.165) is 31.3 Å². The first-order valence-corrected chi connectivity index (χ1v) is 14.4. The summed E-state index contributed by atoms with van der Waals surface area (Å²) < 4.78 is 26.3. The van der Waals surface area contributed by atoms with Crippen molar-refractivity contribution in [2.24, 2.45) is 0 Å². The number of urea groups is 1. The summed E-state index contributed by atoms with van der Waals surface area (Å²) in [6.45, 7) is 0.476. The highest BCUT2D eigenvalue weighted by Gasteiger charge is 2.37. The van der Waals surface area contributed by atoms with Gasteiger partial charge in [0.15, 0.2) is 0 Å². The molecule has 0 saturated carbocycles. The molecule has 5 aromatic rings. The highest BCUT2D eigenvalue weighted by Crippen LogP contribution is 2.33. The molecule has 0 radical (unpaired) electrons. The normalized spacial score (nSPS) is 14.2. The van der Waals surface area contributed by atoms with Gasteiger partial charge in [-0.3, -0.25) is 14.9 Å². The lowest BCUT2D eigenvalue weighted by atomic mass is 9.99. The lowest BCUT2D eigenvalue weighted by molar-refractivity contribution is -0.122. The molecule has 1 aliphatic rings. The van der Waals surface area contributed by atoms with Gasteiger partial charge in [0.1, 0.15) is 36.1 Å². The summed E-state index contributed by atoms with van der Waals surface area (Å²) in [4.78, 5) is 40.5. The molecule has 5 aromatic carbocycles. The highest BCUT2D eigenvalue weighted by molar-refractivity contribution is 9.10. The molecule has 1 heterocycles. The maximum absolute atomic E-state index is 13.7. The number of benzene rings is 5. The number of fused-ring (bicyclic) bond motifs is 1. The Morgan fingerprint density at radius 2 is 1.41 bits per heavy atom. The number of hydrogen-bond acceptors (Lipinski definition) is 5. The van der Waals surface area contributed by atoms with Crippen LogP contribution in [0.4, 0.5) is 14.9 Å². The van der Waals surface area contributed by atoms with E-state index >= 15 is 0 Å². The summed E-state index contributed by atoms with van der Waals surface area (Å²) in [6.07, 6.45) is 1.44. The Balaban J connectivity index is 1.28. The summed E-state index contributed by atoms with van der Waals surface area (Å²) in [5.41, 5.74) is 2.25. The predicted molar refractivity (Wildman–Crippen MR) is 169 cm³/mol. The van der Waals surface area contributed by atoms with Crippen LogP contribution in [0.2, 0.25) is 0 Å². The molecular weight excluding hydrogens is 627 g/mol. The van der Waals surface area contributed by atoms with E-state index in [-0.39, 0.29) is 23.7 Å². The zero-order chi connectivity index (χ0) is 30.6. The second-order valence-corrected chi connectivity index (χ2v) is 10.9. The second kappa shape index (κ2) is 12.5. The van der Waals surface area contributed by atoms with E-state index in [1.165, 1.54) is 18.2 Å². The lowest BCUT2D eigenvalue weighted by Gasteiger charge is -2.26. The van der Waals surface area contributed by atoms with E-state index in [0.29, 0.717) is 23.7 Å². The molecule has 0 unspecified atom stereocenters. The van der Waals surface area contributed by atoms with Crippen molar-refractivity contribution in [1.82, 2.24) is 5.32 Å². The fourth-order valence-corrected chi connectivity index (χ4v) is 5.03. The number of carbonyl (C=O) groups is 3. The Kier molecular flexibility index (Phi) is 8.21. The maximum Gasteiger partial charge on any atom is 0.335 e. The highest BCUT2D eigenvalue weighted by atomic mass is 79.9. The number of amides is 4. The van der Waals surface area contributed by atoms with Gasteiger partial charge in [0.25, 0.3) is 11.8 Å². The molecule has 0 spiro atoms. The van der Waals surface area contributed by atoms with Gasteiger partial charge in [0.05, 0.1) is 5.69 Å². The number of nitrogens with zero attached hydrogens (tertiary/aromatic N) is 1. The number of rotatable bonds is 8. The summed E-state index contributed by atoms with van der Waals surface area (Å²) >= 11 is 3.41. The van der Waals surface area contributed by atoms with E-state index in [1.54, 1.807) is 42.5 Å². The van der Waals surface area contributed by atoms with E-state index in [9.17, 15) is 18.8 Å². The van der Waals surface area contributed by atoms with Crippen LogP contribution in [-0.4, -0.2) is 17.8 Å². The molecule has 44 heavy (non-hydrogen) atoms. The zero-order valence-corrected chi connectivity index (χ0v) is 24.7. The van der Waals surface area contributed by atoms with Crippen molar-refractivity contribution in [1.29, 1.82) is 0 Å². The summed E-state index contributed by atoms with van der Waals surface area (Å²) in [6, 6.07) is 30.4. The Morgan fingerprint density at radius 3 is 2.14 bits per heavy atom. The zero-order valence-electron chi connectivity index (χ0n) is 23.1. The minimum Gasteiger partial charge on any atom is -0.489 e. The van der Waals surface area contributed by atoms with Crippen molar-refractivity contribution >= 4 is 56.3 Å². The largest absolute Gasteiger partial charge is 0.489 e. The minimum absolute atomic E-state index is 0.135. The van der Waals surface area contributed by atoms with Crippen LogP contribution in [0.15, 0.2) is 119 Å². The Bertz CT molecular complexity index is 1910. The van der Waals surface area contributed by atoms with Crippen LogP contribution >= 0.6 is 15.9 Å². The Labute approximate surface area is 260 Å². The van der Waals surface area contributed by atoms with Crippen molar-refractivity contribution < 1.29 is 28.2 Å². The molecule has 218 valence electrons. The number of carbonyl (C=O) groups excluding carboxylic acids is 3. The van der Waals surface area contributed by atoms with Gasteiger partial charge in [-0.25, -0.2) is 14.1 Å².